The summed E-state index contributed by atoms with van der Waals surface area (Å²) in [6.45, 7) is 9.76. The van der Waals surface area contributed by atoms with Crippen LogP contribution in [0.1, 0.15) is 26.3 Å². The van der Waals surface area contributed by atoms with Gasteiger partial charge in [0, 0.05) is 19.7 Å². The number of ether oxygens (including phenoxy) is 2. The van der Waals surface area contributed by atoms with Crippen LogP contribution in [0, 0.1) is 0 Å². The number of hydrogen-bond acceptors (Lipinski definition) is 4. The largest absolute Gasteiger partial charge is 0.504 e. The normalized spacial score (nSPS) is 10.8. The standard InChI is InChI=1S/C16H27N3O3.HI/c1-4-17-16(18-9-10-21-5-2)19-12-13-7-8-14(20)15(11-13)22-6-3;/h7-8,11,20H,4-6,9-10,12H2,1-3H3,(H2,17,18,19);1H. The SMILES string of the molecule is CCNC(=NCc1ccc(O)c(OCC)c1)NCCOCC.I. The second-order valence-electron chi connectivity index (χ2n) is 4.55. The number of guanidine groups is 1. The monoisotopic (exact) mass is 437 g/mol. The summed E-state index contributed by atoms with van der Waals surface area (Å²) in [5, 5.41) is 16.1. The Bertz CT molecular complexity index is 470. The fourth-order valence-electron chi connectivity index (χ4n) is 1.83. The molecular weight excluding hydrogens is 409 g/mol. The molecule has 1 aromatic rings. The number of nitrogens with one attached hydrogen (secondary N) is 2. The van der Waals surface area contributed by atoms with E-state index in [-0.39, 0.29) is 29.7 Å². The minimum atomic E-state index is 0. The van der Waals surface area contributed by atoms with Gasteiger partial charge in [0.15, 0.2) is 17.5 Å². The molecule has 0 bridgehead atoms. The van der Waals surface area contributed by atoms with Crippen molar-refractivity contribution in [2.45, 2.75) is 27.3 Å². The lowest BCUT2D eigenvalue weighted by molar-refractivity contribution is 0.152. The molecule has 0 saturated carbocycles. The van der Waals surface area contributed by atoms with Gasteiger partial charge < -0.3 is 25.2 Å². The molecular formula is C16H28IN3O3. The van der Waals surface area contributed by atoms with Gasteiger partial charge in [-0.3, -0.25) is 0 Å². The van der Waals surface area contributed by atoms with Gasteiger partial charge in [0.1, 0.15) is 0 Å². The Kier molecular flexibility index (Phi) is 12.5. The van der Waals surface area contributed by atoms with Crippen LogP contribution in [0.2, 0.25) is 0 Å². The number of halogens is 1. The van der Waals surface area contributed by atoms with Crippen molar-refractivity contribution in [2.75, 3.05) is 32.9 Å². The summed E-state index contributed by atoms with van der Waals surface area (Å²) in [5.41, 5.74) is 0.975. The first-order valence-corrected chi connectivity index (χ1v) is 7.75. The van der Waals surface area contributed by atoms with Crippen molar-refractivity contribution < 1.29 is 14.6 Å². The number of aliphatic imine (C=N–C) groups is 1. The summed E-state index contributed by atoms with van der Waals surface area (Å²) in [6, 6.07) is 5.28. The van der Waals surface area contributed by atoms with E-state index in [9.17, 15) is 5.11 Å². The molecule has 7 heteroatoms. The van der Waals surface area contributed by atoms with E-state index in [1.54, 1.807) is 6.07 Å². The molecule has 3 N–H and O–H groups in total. The number of rotatable bonds is 9. The van der Waals surface area contributed by atoms with E-state index in [0.29, 0.717) is 38.7 Å². The van der Waals surface area contributed by atoms with Crippen LogP contribution in [0.25, 0.3) is 0 Å². The predicted molar refractivity (Wildman–Crippen MR) is 104 cm³/mol. The highest BCUT2D eigenvalue weighted by Gasteiger charge is 2.04. The highest BCUT2D eigenvalue weighted by atomic mass is 127. The molecule has 0 radical (unpaired) electrons. The number of hydrogen-bond donors (Lipinski definition) is 3. The van der Waals surface area contributed by atoms with E-state index < -0.39 is 0 Å². The fraction of sp³-hybridized carbons (Fsp3) is 0.562. The lowest BCUT2D eigenvalue weighted by Gasteiger charge is -2.11. The molecule has 0 aliphatic carbocycles. The molecule has 0 saturated heterocycles. The van der Waals surface area contributed by atoms with Crippen molar-refractivity contribution in [3.63, 3.8) is 0 Å². The molecule has 0 heterocycles. The number of nitrogens with zero attached hydrogens (tertiary/aromatic N) is 1. The van der Waals surface area contributed by atoms with Crippen molar-refractivity contribution in [3.8, 4) is 11.5 Å². The molecule has 0 aliphatic heterocycles. The van der Waals surface area contributed by atoms with Crippen molar-refractivity contribution >= 4 is 29.9 Å². The van der Waals surface area contributed by atoms with E-state index in [2.05, 4.69) is 15.6 Å². The van der Waals surface area contributed by atoms with Gasteiger partial charge in [-0.1, -0.05) is 6.07 Å². The van der Waals surface area contributed by atoms with Gasteiger partial charge in [-0.2, -0.15) is 0 Å². The first-order chi connectivity index (χ1) is 10.7. The number of benzene rings is 1. The average Bonchev–Trinajstić information content (AvgIpc) is 2.52. The molecule has 0 atom stereocenters. The molecule has 0 spiro atoms. The van der Waals surface area contributed by atoms with E-state index >= 15 is 0 Å². The molecule has 132 valence electrons. The molecule has 0 amide bonds. The maximum Gasteiger partial charge on any atom is 0.191 e. The smallest absolute Gasteiger partial charge is 0.191 e. The van der Waals surface area contributed by atoms with Crippen LogP contribution >= 0.6 is 24.0 Å². The summed E-state index contributed by atoms with van der Waals surface area (Å²) < 4.78 is 10.7. The van der Waals surface area contributed by atoms with Crippen LogP contribution in [0.5, 0.6) is 11.5 Å². The molecule has 0 aliphatic rings. The van der Waals surface area contributed by atoms with E-state index in [1.165, 1.54) is 0 Å². The molecule has 0 unspecified atom stereocenters. The molecule has 0 fully saturated rings. The third-order valence-electron chi connectivity index (χ3n) is 2.83. The molecule has 6 nitrogen and oxygen atoms in total. The van der Waals surface area contributed by atoms with Crippen molar-refractivity contribution in [2.24, 2.45) is 4.99 Å². The molecule has 1 aromatic carbocycles. The Hall–Kier alpha value is -1.22. The van der Waals surface area contributed by atoms with Crippen LogP contribution in [-0.4, -0.2) is 44.0 Å². The third-order valence-corrected chi connectivity index (χ3v) is 2.83. The first kappa shape index (κ1) is 21.8. The van der Waals surface area contributed by atoms with Crippen LogP contribution in [0.15, 0.2) is 23.2 Å². The Morgan fingerprint density at radius 1 is 1.17 bits per heavy atom. The highest BCUT2D eigenvalue weighted by molar-refractivity contribution is 14.0. The van der Waals surface area contributed by atoms with Crippen LogP contribution in [0.3, 0.4) is 0 Å². The van der Waals surface area contributed by atoms with Crippen molar-refractivity contribution in [3.05, 3.63) is 23.8 Å². The Morgan fingerprint density at radius 3 is 2.61 bits per heavy atom. The van der Waals surface area contributed by atoms with Crippen molar-refractivity contribution in [1.29, 1.82) is 0 Å². The summed E-state index contributed by atoms with van der Waals surface area (Å²) in [6.07, 6.45) is 0. The minimum absolute atomic E-state index is 0. The van der Waals surface area contributed by atoms with Gasteiger partial charge in [0.2, 0.25) is 0 Å². The van der Waals surface area contributed by atoms with Gasteiger partial charge in [-0.25, -0.2) is 4.99 Å². The van der Waals surface area contributed by atoms with E-state index in [4.69, 9.17) is 9.47 Å². The predicted octanol–water partition coefficient (Wildman–Crippen LogP) is 2.50. The number of phenolic OH excluding ortho intramolecular Hbond substituents is 1. The van der Waals surface area contributed by atoms with Gasteiger partial charge in [0.25, 0.3) is 0 Å². The zero-order valence-corrected chi connectivity index (χ0v) is 16.4. The topological polar surface area (TPSA) is 75.1 Å². The third kappa shape index (κ3) is 8.85. The van der Waals surface area contributed by atoms with E-state index in [1.807, 2.05) is 32.9 Å². The zero-order valence-electron chi connectivity index (χ0n) is 14.1. The molecule has 0 aromatic heterocycles. The Balaban J connectivity index is 0.00000484. The maximum absolute atomic E-state index is 9.69. The second-order valence-corrected chi connectivity index (χ2v) is 4.55. The maximum atomic E-state index is 9.69. The van der Waals surface area contributed by atoms with Crippen molar-refractivity contribution in [1.82, 2.24) is 10.6 Å². The van der Waals surface area contributed by atoms with E-state index in [0.717, 1.165) is 18.1 Å². The number of aromatic hydroxyl groups is 1. The van der Waals surface area contributed by atoms with Crippen LogP contribution in [0.4, 0.5) is 0 Å². The zero-order chi connectivity index (χ0) is 16.2. The summed E-state index contributed by atoms with van der Waals surface area (Å²) >= 11 is 0. The Morgan fingerprint density at radius 2 is 1.96 bits per heavy atom. The lowest BCUT2D eigenvalue weighted by Crippen LogP contribution is -2.39. The average molecular weight is 437 g/mol. The minimum Gasteiger partial charge on any atom is -0.504 e. The summed E-state index contributed by atoms with van der Waals surface area (Å²) in [7, 11) is 0. The second kappa shape index (κ2) is 13.2. The Labute approximate surface area is 155 Å². The van der Waals surface area contributed by atoms with Crippen LogP contribution < -0.4 is 15.4 Å². The summed E-state index contributed by atoms with van der Waals surface area (Å²) in [4.78, 5) is 4.51. The van der Waals surface area contributed by atoms with Gasteiger partial charge in [0.05, 0.1) is 19.8 Å². The highest BCUT2D eigenvalue weighted by Crippen LogP contribution is 2.26. The fourth-order valence-corrected chi connectivity index (χ4v) is 1.83. The lowest BCUT2D eigenvalue weighted by atomic mass is 10.2. The quantitative estimate of drug-likeness (QED) is 0.240. The molecule has 1 rings (SSSR count). The first-order valence-electron chi connectivity index (χ1n) is 7.75. The number of phenols is 1. The van der Waals surface area contributed by atoms with Crippen LogP contribution in [-0.2, 0) is 11.3 Å². The molecule has 23 heavy (non-hydrogen) atoms. The van der Waals surface area contributed by atoms with Gasteiger partial charge >= 0.3 is 0 Å². The summed E-state index contributed by atoms with van der Waals surface area (Å²) in [5.74, 6) is 1.38. The van der Waals surface area contributed by atoms with Gasteiger partial charge in [-0.15, -0.1) is 24.0 Å². The van der Waals surface area contributed by atoms with Gasteiger partial charge in [-0.05, 0) is 38.5 Å².